The lowest BCUT2D eigenvalue weighted by atomic mass is 9.47. The Morgan fingerprint density at radius 1 is 0.809 bits per heavy atom. The van der Waals surface area contributed by atoms with Crippen LogP contribution in [0.2, 0.25) is 0 Å². The van der Waals surface area contributed by atoms with Crippen LogP contribution in [0, 0.1) is 69.0 Å². The SMILES string of the molecule is CC(=O)OC12CC(O)C3C(CCC1Cc1cc(c(O)c4c1C1C=CC5(CCCC5C1)O4)CN1CC4(CC1=O)C(CCC4c1ccccc1)CN=C(N)NC1(CCCC14CCCC4)SSCC1CCC3CC13CCCC31CCC(CC3CCN=C(N)N3)C1O)C2. The molecule has 16 heteroatoms. The number of rotatable bonds is 4. The van der Waals surface area contributed by atoms with Gasteiger partial charge in [0.2, 0.25) is 5.91 Å². The summed E-state index contributed by atoms with van der Waals surface area (Å²) in [7, 11) is 4.16. The Labute approximate surface area is 536 Å². The number of aliphatic imine (C=N–C) groups is 2. The van der Waals surface area contributed by atoms with Crippen molar-refractivity contribution in [2.75, 3.05) is 25.4 Å². The predicted molar refractivity (Wildman–Crippen MR) is 351 cm³/mol. The second-order valence-corrected chi connectivity index (χ2v) is 34.8. The molecule has 0 aromatic heterocycles. The van der Waals surface area contributed by atoms with E-state index in [0.29, 0.717) is 67.4 Å². The number of nitrogens with one attached hydrogen (secondary N) is 2. The maximum absolute atomic E-state index is 15.2. The number of aromatic hydroxyl groups is 1. The van der Waals surface area contributed by atoms with E-state index in [1.807, 2.05) is 4.90 Å². The molecule has 6 spiro atoms. The molecule has 9 saturated carbocycles. The zero-order chi connectivity index (χ0) is 60.7. The number of carbonyl (C=O) groups excluding carboxylic acids is 2. The Balaban J connectivity index is 0.800. The highest BCUT2D eigenvalue weighted by atomic mass is 33.1. The summed E-state index contributed by atoms with van der Waals surface area (Å²) < 4.78 is 14.2. The number of aliphatic hydroxyl groups is 2. The summed E-state index contributed by atoms with van der Waals surface area (Å²) in [5.41, 5.74) is 15.9. The summed E-state index contributed by atoms with van der Waals surface area (Å²) >= 11 is 0. The third-order valence-electron chi connectivity index (χ3n) is 28.5. The largest absolute Gasteiger partial charge is 0.504 e. The van der Waals surface area contributed by atoms with E-state index >= 15 is 4.79 Å². The Morgan fingerprint density at radius 3 is 2.43 bits per heavy atom. The molecule has 2 aromatic carbocycles. The van der Waals surface area contributed by atoms with Gasteiger partial charge in [-0.1, -0.05) is 77.3 Å². The Hall–Kier alpha value is -4.12. The molecule has 89 heavy (non-hydrogen) atoms. The topological polar surface area (TPSA) is 217 Å². The smallest absolute Gasteiger partial charge is 0.303 e. The number of hydrogen-bond donors (Lipinski definition) is 7. The number of nitrogens with zero attached hydrogens (tertiary/aromatic N) is 3. The molecule has 20 rings (SSSR count). The van der Waals surface area contributed by atoms with E-state index in [0.717, 1.165) is 158 Å². The molecule has 10 fully saturated rings. The number of allylic oxidation sites excluding steroid dienone is 1. The van der Waals surface area contributed by atoms with Crippen molar-refractivity contribution in [2.45, 2.75) is 246 Å². The van der Waals surface area contributed by atoms with Crippen molar-refractivity contribution in [3.05, 3.63) is 70.8 Å². The molecule has 12 bridgehead atoms. The molecule has 0 radical (unpaired) electrons. The second kappa shape index (κ2) is 22.5. The number of carbonyl (C=O) groups is 2. The Bertz CT molecular complexity index is 3170. The first-order valence-electron chi connectivity index (χ1n) is 35.7. The van der Waals surface area contributed by atoms with Crippen molar-refractivity contribution >= 4 is 45.4 Å². The van der Waals surface area contributed by atoms with Gasteiger partial charge in [0.05, 0.1) is 12.2 Å². The molecule has 482 valence electrons. The number of aliphatic hydroxyl groups excluding tert-OH is 2. The number of nitrogens with two attached hydrogens (primary N) is 2. The van der Waals surface area contributed by atoms with Gasteiger partial charge in [0.15, 0.2) is 23.4 Å². The van der Waals surface area contributed by atoms with Gasteiger partial charge in [-0.3, -0.25) is 19.6 Å². The van der Waals surface area contributed by atoms with Gasteiger partial charge in [-0.15, -0.1) is 0 Å². The monoisotopic (exact) mass is 1250 g/mol. The number of esters is 1. The Morgan fingerprint density at radius 2 is 1.60 bits per heavy atom. The third-order valence-corrected chi connectivity index (χ3v) is 31.8. The molecule has 8 aliphatic heterocycles. The summed E-state index contributed by atoms with van der Waals surface area (Å²) in [6.45, 7) is 3.65. The van der Waals surface area contributed by atoms with Gasteiger partial charge in [-0.2, -0.15) is 0 Å². The quantitative estimate of drug-likeness (QED) is 0.0862. The van der Waals surface area contributed by atoms with Gasteiger partial charge in [0.1, 0.15) is 16.1 Å². The van der Waals surface area contributed by atoms with Crippen LogP contribution < -0.4 is 26.8 Å². The third kappa shape index (κ3) is 9.53. The maximum atomic E-state index is 15.2. The van der Waals surface area contributed by atoms with E-state index in [-0.39, 0.29) is 104 Å². The highest BCUT2D eigenvalue weighted by Crippen LogP contribution is 2.73. The number of guanidine groups is 2. The lowest BCUT2D eigenvalue weighted by Crippen LogP contribution is -2.60. The zero-order valence-corrected chi connectivity index (χ0v) is 54.6. The minimum atomic E-state index is -0.864. The number of amides is 1. The van der Waals surface area contributed by atoms with Crippen LogP contribution in [0.5, 0.6) is 11.5 Å². The summed E-state index contributed by atoms with van der Waals surface area (Å²) in [6, 6.07) is 13.3. The predicted octanol–water partition coefficient (Wildman–Crippen LogP) is 12.1. The van der Waals surface area contributed by atoms with Crippen LogP contribution in [0.3, 0.4) is 0 Å². The molecule has 9 N–H and O–H groups in total. The zero-order valence-electron chi connectivity index (χ0n) is 53.0. The number of ether oxygens (including phenoxy) is 2. The van der Waals surface area contributed by atoms with Crippen LogP contribution in [-0.2, 0) is 27.3 Å². The van der Waals surface area contributed by atoms with Crippen LogP contribution in [-0.4, -0.2) is 104 Å². The first-order valence-corrected chi connectivity index (χ1v) is 38.0. The molecular formula is C73H101N7O7S2. The summed E-state index contributed by atoms with van der Waals surface area (Å²) in [6.07, 6.45) is 32.1. The fourth-order valence-corrected chi connectivity index (χ4v) is 28.8. The van der Waals surface area contributed by atoms with Crippen molar-refractivity contribution < 1.29 is 34.4 Å². The number of phenolic OH excluding ortho intramolecular Hbond substituents is 1. The number of benzene rings is 2. The molecule has 19 atom stereocenters. The first kappa shape index (κ1) is 59.9. The van der Waals surface area contributed by atoms with E-state index in [4.69, 9.17) is 25.9 Å². The minimum absolute atomic E-state index is 0.0582. The summed E-state index contributed by atoms with van der Waals surface area (Å²) in [4.78, 5) is 40.6. The molecular weight excluding hydrogens is 1150 g/mol. The van der Waals surface area contributed by atoms with E-state index in [1.165, 1.54) is 37.7 Å². The fraction of sp³-hybridized carbons (Fsp3) is 0.753. The average molecular weight is 1250 g/mol. The van der Waals surface area contributed by atoms with Crippen molar-refractivity contribution in [2.24, 2.45) is 90.5 Å². The maximum Gasteiger partial charge on any atom is 0.303 e. The molecule has 14 nitrogen and oxygen atoms in total. The lowest BCUT2D eigenvalue weighted by Gasteiger charge is -2.60. The number of phenols is 1. The van der Waals surface area contributed by atoms with Crippen LogP contribution in [0.1, 0.15) is 221 Å². The molecule has 8 heterocycles. The van der Waals surface area contributed by atoms with Crippen LogP contribution >= 0.6 is 21.6 Å². The lowest BCUT2D eigenvalue weighted by molar-refractivity contribution is -0.204. The van der Waals surface area contributed by atoms with Crippen molar-refractivity contribution in [1.82, 2.24) is 15.5 Å². The van der Waals surface area contributed by atoms with Crippen molar-refractivity contribution in [3.8, 4) is 11.5 Å². The molecule has 2 aromatic rings. The van der Waals surface area contributed by atoms with Crippen LogP contribution in [0.25, 0.3) is 0 Å². The second-order valence-electron chi connectivity index (χ2n) is 32.1. The van der Waals surface area contributed by atoms with E-state index in [1.54, 1.807) is 6.92 Å². The molecule has 18 aliphatic rings. The van der Waals surface area contributed by atoms with Gasteiger partial charge in [0.25, 0.3) is 0 Å². The van der Waals surface area contributed by atoms with Gasteiger partial charge in [-0.25, -0.2) is 0 Å². The Kier molecular flexibility index (Phi) is 15.2. The molecule has 10 aliphatic carbocycles. The van der Waals surface area contributed by atoms with Gasteiger partial charge >= 0.3 is 5.97 Å². The van der Waals surface area contributed by atoms with Gasteiger partial charge < -0.3 is 51.8 Å². The van der Waals surface area contributed by atoms with Crippen LogP contribution in [0.4, 0.5) is 0 Å². The van der Waals surface area contributed by atoms with E-state index in [9.17, 15) is 20.1 Å². The summed E-state index contributed by atoms with van der Waals surface area (Å²) in [5.74, 6) is 4.36. The van der Waals surface area contributed by atoms with Crippen LogP contribution in [0.15, 0.2) is 58.5 Å². The van der Waals surface area contributed by atoms with Crippen molar-refractivity contribution in [3.63, 3.8) is 0 Å². The first-order chi connectivity index (χ1) is 43.1. The molecule has 19 unspecified atom stereocenters. The van der Waals surface area contributed by atoms with Gasteiger partial charge in [-0.05, 0) is 224 Å². The molecule has 1 amide bonds. The fourth-order valence-electron chi connectivity index (χ4n) is 24.8. The molecule has 1 saturated heterocycles. The number of hydrogen-bond acceptors (Lipinski definition) is 15. The standard InChI is InChI=1S/C73H101N7O7S2/c1-44(81)86-72-37-49-13-15-53(72)34-50-32-51(62(84)63-61(50)46-20-30-71(87-63)27-7-12-52(71)33-46)41-80-43-68(39-59(80)83)54(17-18-57(68)45-10-3-2-4-11-45)40-77-66(75)79-73(28-8-24-67(73)22-5-6-23-67)89-88-42-55-16-14-48(60(49)58(82)38-72)36-70(55)26-9-25-69(70)29-19-47(64(69)85)35-56-21-31-76-65(74)78-56/h2-4,10-11,20,30,32,46-49,52-58,60,64,82,84-85H,5-9,12-19,21-29,31,33-43H2,1H3,(H3,74,76,78)(H3,75,77,79). The minimum Gasteiger partial charge on any atom is -0.504 e. The highest BCUT2D eigenvalue weighted by Gasteiger charge is 2.68. The highest BCUT2D eigenvalue weighted by molar-refractivity contribution is 8.77. The normalized spacial score (nSPS) is 44.5. The summed E-state index contributed by atoms with van der Waals surface area (Å²) in [5, 5.41) is 47.1. The average Bonchev–Trinajstić information content (AvgIpc) is 1.64. The van der Waals surface area contributed by atoms with E-state index < -0.39 is 23.4 Å². The van der Waals surface area contributed by atoms with E-state index in [2.05, 4.69) is 85.8 Å². The van der Waals surface area contributed by atoms with Crippen molar-refractivity contribution in [1.29, 1.82) is 0 Å². The van der Waals surface area contributed by atoms with Gasteiger partial charge in [0, 0.05) is 103 Å².